The molecule has 0 aromatic heterocycles. The van der Waals surface area contributed by atoms with Crippen molar-refractivity contribution in [3.8, 4) is 0 Å². The van der Waals surface area contributed by atoms with E-state index in [1.54, 1.807) is 12.1 Å². The van der Waals surface area contributed by atoms with Crippen LogP contribution in [-0.4, -0.2) is 11.0 Å². The zero-order valence-electron chi connectivity index (χ0n) is 10.00. The maximum atomic E-state index is 12.3. The highest BCUT2D eigenvalue weighted by Crippen LogP contribution is 2.38. The van der Waals surface area contributed by atoms with E-state index in [0.717, 1.165) is 16.2 Å². The van der Waals surface area contributed by atoms with E-state index >= 15 is 0 Å². The van der Waals surface area contributed by atoms with Crippen molar-refractivity contribution in [2.75, 3.05) is 5.06 Å². The number of fused-ring (bicyclic) bond motifs is 1. The van der Waals surface area contributed by atoms with E-state index in [9.17, 15) is 10.0 Å². The third-order valence-electron chi connectivity index (χ3n) is 3.30. The lowest BCUT2D eigenvalue weighted by atomic mass is 10.0. The van der Waals surface area contributed by atoms with Gasteiger partial charge in [0.2, 0.25) is 0 Å². The summed E-state index contributed by atoms with van der Waals surface area (Å²) in [5.41, 5.74) is 3.09. The Kier molecular flexibility index (Phi) is 2.42. The first-order valence-corrected chi connectivity index (χ1v) is 5.86. The minimum Gasteiger partial charge on any atom is -0.291 e. The zero-order valence-corrected chi connectivity index (χ0v) is 10.00. The Balaban J connectivity index is 2.06. The molecule has 0 saturated heterocycles. The number of carbonyl (C=O) groups excluding carboxylic acids is 1. The van der Waals surface area contributed by atoms with E-state index in [1.807, 2.05) is 43.3 Å². The lowest BCUT2D eigenvalue weighted by Crippen LogP contribution is -2.23. The predicted octanol–water partition coefficient (Wildman–Crippen LogP) is 3.13. The predicted molar refractivity (Wildman–Crippen MR) is 69.0 cm³/mol. The van der Waals surface area contributed by atoms with Crippen molar-refractivity contribution in [3.63, 3.8) is 0 Å². The van der Waals surface area contributed by atoms with Crippen LogP contribution >= 0.6 is 0 Å². The number of hydrogen-bond acceptors (Lipinski definition) is 3. The number of nitrogens with zero attached hydrogens (tertiary/aromatic N) is 1. The molecule has 1 aliphatic rings. The zero-order chi connectivity index (χ0) is 12.7. The minimum absolute atomic E-state index is 0.0584. The molecular formula is C15H13NO2. The molecule has 0 aliphatic carbocycles. The van der Waals surface area contributed by atoms with Crippen LogP contribution in [0, 0.1) is 6.92 Å². The molecule has 0 amide bonds. The molecular weight excluding hydrogens is 226 g/mol. The molecule has 1 atom stereocenters. The van der Waals surface area contributed by atoms with Gasteiger partial charge in [-0.1, -0.05) is 42.0 Å². The van der Waals surface area contributed by atoms with E-state index < -0.39 is 6.04 Å². The van der Waals surface area contributed by atoms with E-state index in [1.165, 1.54) is 0 Å². The molecule has 0 radical (unpaired) electrons. The topological polar surface area (TPSA) is 40.5 Å². The Labute approximate surface area is 105 Å². The van der Waals surface area contributed by atoms with Crippen LogP contribution in [0.1, 0.15) is 27.5 Å². The molecule has 1 unspecified atom stereocenters. The maximum absolute atomic E-state index is 12.3. The Morgan fingerprint density at radius 2 is 1.72 bits per heavy atom. The summed E-state index contributed by atoms with van der Waals surface area (Å²) >= 11 is 0. The number of ketones is 1. The molecule has 2 aromatic carbocycles. The van der Waals surface area contributed by atoms with Crippen molar-refractivity contribution in [2.24, 2.45) is 0 Å². The molecule has 18 heavy (non-hydrogen) atoms. The first-order valence-electron chi connectivity index (χ1n) is 5.86. The highest BCUT2D eigenvalue weighted by molar-refractivity contribution is 6.10. The summed E-state index contributed by atoms with van der Waals surface area (Å²) in [5, 5.41) is 11.2. The van der Waals surface area contributed by atoms with Crippen LogP contribution in [0.5, 0.6) is 0 Å². The van der Waals surface area contributed by atoms with Crippen LogP contribution in [0.4, 0.5) is 5.69 Å². The molecule has 3 nitrogen and oxygen atoms in total. The van der Waals surface area contributed by atoms with Gasteiger partial charge >= 0.3 is 0 Å². The fraction of sp³-hybridized carbons (Fsp3) is 0.133. The summed E-state index contributed by atoms with van der Waals surface area (Å²) in [6, 6.07) is 14.1. The van der Waals surface area contributed by atoms with Gasteiger partial charge < -0.3 is 0 Å². The summed E-state index contributed by atoms with van der Waals surface area (Å²) in [5.74, 6) is -0.0584. The maximum Gasteiger partial charge on any atom is 0.194 e. The summed E-state index contributed by atoms with van der Waals surface area (Å²) in [4.78, 5) is 12.3. The first kappa shape index (κ1) is 11.0. The number of para-hydroxylation sites is 1. The van der Waals surface area contributed by atoms with E-state index in [0.29, 0.717) is 11.3 Å². The Bertz CT molecular complexity index is 604. The molecule has 0 bridgehead atoms. The fourth-order valence-corrected chi connectivity index (χ4v) is 2.32. The second-order valence-electron chi connectivity index (χ2n) is 4.54. The number of rotatable bonds is 1. The molecule has 3 heteroatoms. The monoisotopic (exact) mass is 239 g/mol. The Morgan fingerprint density at radius 3 is 2.39 bits per heavy atom. The van der Waals surface area contributed by atoms with Gasteiger partial charge in [-0.3, -0.25) is 10.0 Å². The number of hydrogen-bond donors (Lipinski definition) is 1. The van der Waals surface area contributed by atoms with Gasteiger partial charge in [0.05, 0.1) is 5.69 Å². The molecule has 2 aromatic rings. The molecule has 3 rings (SSSR count). The third kappa shape index (κ3) is 1.52. The van der Waals surface area contributed by atoms with Crippen LogP contribution in [-0.2, 0) is 0 Å². The van der Waals surface area contributed by atoms with Crippen molar-refractivity contribution in [3.05, 3.63) is 65.2 Å². The molecule has 0 fully saturated rings. The number of benzene rings is 2. The van der Waals surface area contributed by atoms with Crippen LogP contribution < -0.4 is 5.06 Å². The van der Waals surface area contributed by atoms with Gasteiger partial charge in [-0.25, -0.2) is 5.06 Å². The van der Waals surface area contributed by atoms with Gasteiger partial charge in [0.25, 0.3) is 0 Å². The SMILES string of the molecule is Cc1ccc(C2C(=O)c3ccccc3N2O)cc1. The molecule has 1 aliphatic heterocycles. The van der Waals surface area contributed by atoms with Gasteiger partial charge in [0.1, 0.15) is 6.04 Å². The van der Waals surface area contributed by atoms with E-state index in [2.05, 4.69) is 0 Å². The van der Waals surface area contributed by atoms with Gasteiger partial charge in [-0.15, -0.1) is 0 Å². The third-order valence-corrected chi connectivity index (χ3v) is 3.30. The van der Waals surface area contributed by atoms with Crippen LogP contribution in [0.2, 0.25) is 0 Å². The van der Waals surface area contributed by atoms with Crippen molar-refractivity contribution in [1.82, 2.24) is 0 Å². The average Bonchev–Trinajstić information content (AvgIpc) is 2.64. The van der Waals surface area contributed by atoms with E-state index in [4.69, 9.17) is 0 Å². The minimum atomic E-state index is -0.622. The van der Waals surface area contributed by atoms with Crippen LogP contribution in [0.3, 0.4) is 0 Å². The van der Waals surface area contributed by atoms with Crippen molar-refractivity contribution in [2.45, 2.75) is 13.0 Å². The smallest absolute Gasteiger partial charge is 0.194 e. The highest BCUT2D eigenvalue weighted by Gasteiger charge is 2.37. The summed E-state index contributed by atoms with van der Waals surface area (Å²) in [7, 11) is 0. The number of Topliss-reactive ketones (excluding diaryl/α,β-unsaturated/α-hetero) is 1. The van der Waals surface area contributed by atoms with Gasteiger partial charge in [-0.05, 0) is 24.6 Å². The number of carbonyl (C=O) groups is 1. The molecule has 1 heterocycles. The van der Waals surface area contributed by atoms with Gasteiger partial charge in [-0.2, -0.15) is 0 Å². The van der Waals surface area contributed by atoms with Crippen LogP contribution in [0.15, 0.2) is 48.5 Å². The fourth-order valence-electron chi connectivity index (χ4n) is 2.32. The standard InChI is InChI=1S/C15H13NO2/c1-10-6-8-11(9-7-10)14-15(17)12-4-2-3-5-13(12)16(14)18/h2-9,14,18H,1H3. The summed E-state index contributed by atoms with van der Waals surface area (Å²) in [6.45, 7) is 1.99. The van der Waals surface area contributed by atoms with Crippen LogP contribution in [0.25, 0.3) is 0 Å². The summed E-state index contributed by atoms with van der Waals surface area (Å²) < 4.78 is 0. The lowest BCUT2D eigenvalue weighted by molar-refractivity contribution is 0.0927. The summed E-state index contributed by atoms with van der Waals surface area (Å²) in [6.07, 6.45) is 0. The number of aryl methyl sites for hydroxylation is 1. The normalized spacial score (nSPS) is 18.0. The molecule has 0 spiro atoms. The number of hydroxylamine groups is 1. The Morgan fingerprint density at radius 1 is 1.06 bits per heavy atom. The molecule has 90 valence electrons. The largest absolute Gasteiger partial charge is 0.291 e. The lowest BCUT2D eigenvalue weighted by Gasteiger charge is -2.19. The molecule has 1 N–H and O–H groups in total. The van der Waals surface area contributed by atoms with Gasteiger partial charge in [0.15, 0.2) is 5.78 Å². The quantitative estimate of drug-likeness (QED) is 0.831. The first-order chi connectivity index (χ1) is 8.68. The second-order valence-corrected chi connectivity index (χ2v) is 4.54. The average molecular weight is 239 g/mol. The second kappa shape index (κ2) is 3.96. The van der Waals surface area contributed by atoms with Crippen molar-refractivity contribution < 1.29 is 10.0 Å². The van der Waals surface area contributed by atoms with Gasteiger partial charge in [0, 0.05) is 5.56 Å². The van der Waals surface area contributed by atoms with E-state index in [-0.39, 0.29) is 5.78 Å². The Hall–Kier alpha value is -2.13. The highest BCUT2D eigenvalue weighted by atomic mass is 16.5. The molecule has 0 saturated carbocycles. The van der Waals surface area contributed by atoms with Crippen molar-refractivity contribution in [1.29, 1.82) is 0 Å². The van der Waals surface area contributed by atoms with Crippen molar-refractivity contribution >= 4 is 11.5 Å². The number of anilines is 1.